The molecule has 0 saturated heterocycles. The third-order valence-electron chi connectivity index (χ3n) is 6.73. The highest BCUT2D eigenvalue weighted by Crippen LogP contribution is 2.54. The number of unbranched alkanes of at least 4 members (excludes halogenated alkanes) is 6. The normalized spacial score (nSPS) is 13.7. The zero-order valence-corrected chi connectivity index (χ0v) is 20.1. The predicted molar refractivity (Wildman–Crippen MR) is 131 cm³/mol. The first-order valence-electron chi connectivity index (χ1n) is 11.6. The van der Waals surface area contributed by atoms with Gasteiger partial charge in [0.05, 0.1) is 0 Å². The third kappa shape index (κ3) is 5.07. The molecule has 2 aromatic carbocycles. The van der Waals surface area contributed by atoms with Crippen molar-refractivity contribution in [1.82, 2.24) is 0 Å². The van der Waals surface area contributed by atoms with Gasteiger partial charge in [0.15, 0.2) is 0 Å². The predicted octanol–water partition coefficient (Wildman–Crippen LogP) is 8.65. The van der Waals surface area contributed by atoms with Crippen molar-refractivity contribution in [2.45, 2.75) is 83.5 Å². The first kappa shape index (κ1) is 24.0. The molecule has 3 rings (SSSR count). The summed E-state index contributed by atoms with van der Waals surface area (Å²) in [4.78, 5) is 23.9. The topological polar surface area (TPSA) is 34.1 Å². The van der Waals surface area contributed by atoms with E-state index in [1.807, 2.05) is 36.4 Å². The Balaban J connectivity index is 2.14. The average molecular weight is 459 g/mol. The molecule has 166 valence electrons. The van der Waals surface area contributed by atoms with Gasteiger partial charge in [0, 0.05) is 16.5 Å². The SMILES string of the molecule is CCCCCCC1(CCCCCC)c2cc(C(=O)Cl)ccc2-c2ccc(C(=O)Cl)cc21. The Bertz CT molecular complexity index is 871. The van der Waals surface area contributed by atoms with Gasteiger partial charge >= 0.3 is 0 Å². The smallest absolute Gasteiger partial charge is 0.252 e. The lowest BCUT2D eigenvalue weighted by Gasteiger charge is -2.33. The molecule has 0 amide bonds. The van der Waals surface area contributed by atoms with E-state index in [-0.39, 0.29) is 5.41 Å². The standard InChI is InChI=1S/C27H32Cl2O2/c1-3-5-7-9-15-27(16-10-8-6-4-2)23-17-19(25(28)30)11-13-21(23)22-14-12-20(26(29)31)18-24(22)27/h11-14,17-18H,3-10,15-16H2,1-2H3. The fraction of sp³-hybridized carbons (Fsp3) is 0.481. The highest BCUT2D eigenvalue weighted by atomic mass is 35.5. The largest absolute Gasteiger partial charge is 0.276 e. The van der Waals surface area contributed by atoms with Crippen molar-refractivity contribution >= 4 is 33.7 Å². The second-order valence-corrected chi connectivity index (χ2v) is 9.46. The molecule has 0 heterocycles. The van der Waals surface area contributed by atoms with Gasteiger partial charge in [0.2, 0.25) is 0 Å². The highest BCUT2D eigenvalue weighted by Gasteiger charge is 2.42. The number of benzene rings is 2. The van der Waals surface area contributed by atoms with E-state index >= 15 is 0 Å². The highest BCUT2D eigenvalue weighted by molar-refractivity contribution is 6.68. The molecular formula is C27H32Cl2O2. The van der Waals surface area contributed by atoms with Crippen LogP contribution in [-0.2, 0) is 5.41 Å². The van der Waals surface area contributed by atoms with Crippen LogP contribution in [0.15, 0.2) is 36.4 Å². The summed E-state index contributed by atoms with van der Waals surface area (Å²) in [5, 5.41) is -0.859. The van der Waals surface area contributed by atoms with Crippen LogP contribution in [0.4, 0.5) is 0 Å². The fourth-order valence-corrected chi connectivity index (χ4v) is 5.35. The lowest BCUT2D eigenvalue weighted by atomic mass is 9.70. The maximum absolute atomic E-state index is 12.0. The van der Waals surface area contributed by atoms with E-state index in [1.54, 1.807) is 0 Å². The van der Waals surface area contributed by atoms with E-state index in [0.29, 0.717) is 11.1 Å². The average Bonchev–Trinajstić information content (AvgIpc) is 3.03. The number of fused-ring (bicyclic) bond motifs is 3. The minimum absolute atomic E-state index is 0.211. The summed E-state index contributed by atoms with van der Waals surface area (Å²) in [6.45, 7) is 4.44. The maximum atomic E-state index is 12.0. The molecule has 4 heteroatoms. The molecule has 0 aliphatic heterocycles. The summed E-state index contributed by atoms with van der Waals surface area (Å²) >= 11 is 11.7. The first-order valence-corrected chi connectivity index (χ1v) is 12.4. The molecule has 0 aromatic heterocycles. The van der Waals surface area contributed by atoms with Crippen molar-refractivity contribution < 1.29 is 9.59 Å². The van der Waals surface area contributed by atoms with Crippen molar-refractivity contribution in [3.8, 4) is 11.1 Å². The van der Waals surface area contributed by atoms with Crippen molar-refractivity contribution in [1.29, 1.82) is 0 Å². The van der Waals surface area contributed by atoms with Crippen LogP contribution in [0.1, 0.15) is 110 Å². The van der Waals surface area contributed by atoms with Gasteiger partial charge < -0.3 is 0 Å². The number of hydrogen-bond donors (Lipinski definition) is 0. The molecule has 1 aliphatic rings. The minimum atomic E-state index is -0.429. The number of hydrogen-bond acceptors (Lipinski definition) is 2. The van der Waals surface area contributed by atoms with Gasteiger partial charge in [0.1, 0.15) is 0 Å². The van der Waals surface area contributed by atoms with Crippen LogP contribution in [0.2, 0.25) is 0 Å². The summed E-state index contributed by atoms with van der Waals surface area (Å²) in [5.74, 6) is 0. The van der Waals surface area contributed by atoms with Crippen LogP contribution in [0, 0.1) is 0 Å². The second kappa shape index (κ2) is 10.8. The summed E-state index contributed by atoms with van der Waals surface area (Å²) in [7, 11) is 0. The zero-order valence-electron chi connectivity index (χ0n) is 18.6. The summed E-state index contributed by atoms with van der Waals surface area (Å²) in [6, 6.07) is 11.6. The van der Waals surface area contributed by atoms with Crippen LogP contribution >= 0.6 is 23.2 Å². The maximum Gasteiger partial charge on any atom is 0.252 e. The molecule has 0 bridgehead atoms. The van der Waals surface area contributed by atoms with Gasteiger partial charge in [-0.05, 0) is 82.6 Å². The van der Waals surface area contributed by atoms with Crippen LogP contribution in [-0.4, -0.2) is 10.5 Å². The Hall–Kier alpha value is -1.64. The number of halogens is 2. The Morgan fingerprint density at radius 3 is 1.45 bits per heavy atom. The molecule has 2 aromatic rings. The van der Waals surface area contributed by atoms with Crippen molar-refractivity contribution in [3.05, 3.63) is 58.7 Å². The Morgan fingerprint density at radius 1 is 0.677 bits per heavy atom. The Kier molecular flexibility index (Phi) is 8.36. The van der Waals surface area contributed by atoms with Crippen molar-refractivity contribution in [3.63, 3.8) is 0 Å². The molecule has 0 fully saturated rings. The van der Waals surface area contributed by atoms with Crippen molar-refractivity contribution in [2.24, 2.45) is 0 Å². The van der Waals surface area contributed by atoms with Crippen molar-refractivity contribution in [2.75, 3.05) is 0 Å². The van der Waals surface area contributed by atoms with Crippen LogP contribution in [0.25, 0.3) is 11.1 Å². The molecular weight excluding hydrogens is 427 g/mol. The summed E-state index contributed by atoms with van der Waals surface area (Å²) in [6.07, 6.45) is 11.4. The van der Waals surface area contributed by atoms with Crippen LogP contribution in [0.3, 0.4) is 0 Å². The molecule has 0 unspecified atom stereocenters. The van der Waals surface area contributed by atoms with Gasteiger partial charge in [-0.1, -0.05) is 77.3 Å². The lowest BCUT2D eigenvalue weighted by Crippen LogP contribution is -2.26. The van der Waals surface area contributed by atoms with Gasteiger partial charge in [-0.2, -0.15) is 0 Å². The molecule has 0 atom stereocenters. The first-order chi connectivity index (χ1) is 14.9. The van der Waals surface area contributed by atoms with E-state index in [4.69, 9.17) is 23.2 Å². The minimum Gasteiger partial charge on any atom is -0.276 e. The van der Waals surface area contributed by atoms with Gasteiger partial charge in [0.25, 0.3) is 10.5 Å². The van der Waals surface area contributed by atoms with Gasteiger partial charge in [-0.3, -0.25) is 9.59 Å². The molecule has 2 nitrogen and oxygen atoms in total. The van der Waals surface area contributed by atoms with E-state index in [1.165, 1.54) is 49.7 Å². The second-order valence-electron chi connectivity index (χ2n) is 8.77. The summed E-state index contributed by atoms with van der Waals surface area (Å²) < 4.78 is 0. The van der Waals surface area contributed by atoms with Crippen LogP contribution < -0.4 is 0 Å². The molecule has 0 radical (unpaired) electrons. The summed E-state index contributed by atoms with van der Waals surface area (Å²) in [5.41, 5.74) is 5.52. The molecule has 0 N–H and O–H groups in total. The third-order valence-corrected chi connectivity index (χ3v) is 7.17. The Labute approximate surface area is 196 Å². The number of carbonyl (C=O) groups excluding carboxylic acids is 2. The lowest BCUT2D eigenvalue weighted by molar-refractivity contribution is 0.107. The number of carbonyl (C=O) groups is 2. The number of rotatable bonds is 12. The van der Waals surface area contributed by atoms with E-state index < -0.39 is 10.5 Å². The van der Waals surface area contributed by atoms with E-state index in [2.05, 4.69) is 13.8 Å². The molecule has 0 spiro atoms. The van der Waals surface area contributed by atoms with E-state index in [9.17, 15) is 9.59 Å². The van der Waals surface area contributed by atoms with Gasteiger partial charge in [-0.15, -0.1) is 0 Å². The zero-order chi connectivity index (χ0) is 22.4. The molecule has 31 heavy (non-hydrogen) atoms. The monoisotopic (exact) mass is 458 g/mol. The quantitative estimate of drug-likeness (QED) is 0.235. The Morgan fingerprint density at radius 2 is 1.10 bits per heavy atom. The van der Waals surface area contributed by atoms with Gasteiger partial charge in [-0.25, -0.2) is 0 Å². The van der Waals surface area contributed by atoms with E-state index in [0.717, 1.165) is 36.8 Å². The van der Waals surface area contributed by atoms with Crippen LogP contribution in [0.5, 0.6) is 0 Å². The molecule has 1 aliphatic carbocycles. The fourth-order valence-electron chi connectivity index (χ4n) is 5.11. The molecule has 0 saturated carbocycles.